The van der Waals surface area contributed by atoms with E-state index in [2.05, 4.69) is 28.0 Å². The molecule has 1 aromatic rings. The van der Waals surface area contributed by atoms with Gasteiger partial charge < -0.3 is 9.84 Å². The Morgan fingerprint density at radius 1 is 1.61 bits per heavy atom. The molecule has 0 saturated carbocycles. The number of ether oxygens (including phenoxy) is 1. The second kappa shape index (κ2) is 5.31. The summed E-state index contributed by atoms with van der Waals surface area (Å²) in [5.74, 6) is 0.152. The van der Waals surface area contributed by atoms with Gasteiger partial charge in [0.1, 0.15) is 0 Å². The first-order valence-electron chi connectivity index (χ1n) is 6.50. The van der Waals surface area contributed by atoms with E-state index in [1.54, 1.807) is 0 Å². The maximum atomic E-state index is 10.8. The van der Waals surface area contributed by atoms with Gasteiger partial charge in [0.25, 0.3) is 0 Å². The van der Waals surface area contributed by atoms with Gasteiger partial charge in [-0.25, -0.2) is 0 Å². The zero-order chi connectivity index (χ0) is 13.3. The zero-order valence-electron chi connectivity index (χ0n) is 11.2. The van der Waals surface area contributed by atoms with Gasteiger partial charge in [0.05, 0.1) is 28.1 Å². The first-order chi connectivity index (χ1) is 8.48. The van der Waals surface area contributed by atoms with E-state index in [0.717, 1.165) is 22.4 Å². The van der Waals surface area contributed by atoms with E-state index in [1.165, 1.54) is 0 Å². The highest BCUT2D eigenvalue weighted by molar-refractivity contribution is 9.10. The number of aryl methyl sites for hydroxylation is 2. The van der Waals surface area contributed by atoms with Crippen LogP contribution in [0.15, 0.2) is 4.47 Å². The molecule has 0 aromatic carbocycles. The van der Waals surface area contributed by atoms with Crippen LogP contribution in [-0.4, -0.2) is 33.7 Å². The summed E-state index contributed by atoms with van der Waals surface area (Å²) in [6, 6.07) is 0. The summed E-state index contributed by atoms with van der Waals surface area (Å²) in [5, 5.41) is 15.3. The monoisotopic (exact) mass is 316 g/mol. The molecule has 1 aliphatic rings. The second-order valence-electron chi connectivity index (χ2n) is 5.17. The molecule has 0 spiro atoms. The average Bonchev–Trinajstić information content (AvgIpc) is 2.61. The Kier molecular flexibility index (Phi) is 4.14. The first-order valence-corrected chi connectivity index (χ1v) is 7.29. The SMILES string of the molecule is CCn1nc(C)c(Br)c1CC1(O)CCOCC1C. The molecule has 5 heteroatoms. The van der Waals surface area contributed by atoms with Crippen LogP contribution in [0.25, 0.3) is 0 Å². The lowest BCUT2D eigenvalue weighted by Gasteiger charge is -2.38. The minimum Gasteiger partial charge on any atom is -0.389 e. The Bertz CT molecular complexity index is 433. The summed E-state index contributed by atoms with van der Waals surface area (Å²) in [6.07, 6.45) is 1.32. The highest BCUT2D eigenvalue weighted by atomic mass is 79.9. The molecule has 0 amide bonds. The van der Waals surface area contributed by atoms with E-state index in [4.69, 9.17) is 4.74 Å². The first kappa shape index (κ1) is 14.0. The van der Waals surface area contributed by atoms with E-state index in [-0.39, 0.29) is 5.92 Å². The molecule has 1 N–H and O–H groups in total. The number of hydrogen-bond donors (Lipinski definition) is 1. The van der Waals surface area contributed by atoms with Crippen LogP contribution >= 0.6 is 15.9 Å². The van der Waals surface area contributed by atoms with Crippen LogP contribution in [0.5, 0.6) is 0 Å². The molecule has 2 rings (SSSR count). The largest absolute Gasteiger partial charge is 0.389 e. The Balaban J connectivity index is 2.27. The van der Waals surface area contributed by atoms with Crippen molar-refractivity contribution in [3.05, 3.63) is 15.9 Å². The molecule has 2 atom stereocenters. The molecule has 1 aliphatic heterocycles. The van der Waals surface area contributed by atoms with Crippen molar-refractivity contribution in [2.24, 2.45) is 5.92 Å². The average molecular weight is 317 g/mol. The van der Waals surface area contributed by atoms with Crippen LogP contribution in [0.4, 0.5) is 0 Å². The number of nitrogens with zero attached hydrogens (tertiary/aromatic N) is 2. The van der Waals surface area contributed by atoms with Gasteiger partial charge in [0, 0.05) is 31.9 Å². The number of aromatic nitrogens is 2. The number of hydrogen-bond acceptors (Lipinski definition) is 3. The maximum absolute atomic E-state index is 10.8. The van der Waals surface area contributed by atoms with Crippen LogP contribution in [0.1, 0.15) is 31.7 Å². The Hall–Kier alpha value is -0.390. The molecule has 1 saturated heterocycles. The highest BCUT2D eigenvalue weighted by Gasteiger charge is 2.38. The van der Waals surface area contributed by atoms with Gasteiger partial charge in [-0.2, -0.15) is 5.10 Å². The fraction of sp³-hybridized carbons (Fsp3) is 0.769. The van der Waals surface area contributed by atoms with Gasteiger partial charge in [-0.05, 0) is 29.8 Å². The zero-order valence-corrected chi connectivity index (χ0v) is 12.8. The van der Waals surface area contributed by atoms with Crippen molar-refractivity contribution in [2.75, 3.05) is 13.2 Å². The molecule has 1 fully saturated rings. The predicted octanol–water partition coefficient (Wildman–Crippen LogP) is 2.30. The van der Waals surface area contributed by atoms with Crippen molar-refractivity contribution < 1.29 is 9.84 Å². The van der Waals surface area contributed by atoms with Crippen LogP contribution in [-0.2, 0) is 17.7 Å². The predicted molar refractivity (Wildman–Crippen MR) is 73.6 cm³/mol. The fourth-order valence-corrected chi connectivity index (χ4v) is 2.93. The number of halogens is 1. The van der Waals surface area contributed by atoms with E-state index < -0.39 is 5.60 Å². The van der Waals surface area contributed by atoms with Gasteiger partial charge >= 0.3 is 0 Å². The third-order valence-corrected chi connectivity index (χ3v) is 4.92. The maximum Gasteiger partial charge on any atom is 0.0772 e. The Labute approximate surface area is 116 Å². The lowest BCUT2D eigenvalue weighted by Crippen LogP contribution is -2.46. The van der Waals surface area contributed by atoms with Crippen molar-refractivity contribution in [1.29, 1.82) is 0 Å². The fourth-order valence-electron chi connectivity index (χ4n) is 2.50. The molecule has 1 aromatic heterocycles. The molecule has 2 heterocycles. The van der Waals surface area contributed by atoms with Gasteiger partial charge in [0.2, 0.25) is 0 Å². The number of aliphatic hydroxyl groups is 1. The van der Waals surface area contributed by atoms with Gasteiger partial charge in [-0.1, -0.05) is 6.92 Å². The summed E-state index contributed by atoms with van der Waals surface area (Å²) in [4.78, 5) is 0. The van der Waals surface area contributed by atoms with Crippen molar-refractivity contribution in [1.82, 2.24) is 9.78 Å². The second-order valence-corrected chi connectivity index (χ2v) is 5.96. The molecular formula is C13H21BrN2O2. The Morgan fingerprint density at radius 3 is 2.94 bits per heavy atom. The lowest BCUT2D eigenvalue weighted by molar-refractivity contribution is -0.106. The van der Waals surface area contributed by atoms with Crippen LogP contribution in [0.3, 0.4) is 0 Å². The van der Waals surface area contributed by atoms with Gasteiger partial charge in [-0.3, -0.25) is 4.68 Å². The minimum atomic E-state index is -0.680. The third-order valence-electron chi connectivity index (χ3n) is 3.89. The van der Waals surface area contributed by atoms with Crippen molar-refractivity contribution in [2.45, 2.75) is 45.8 Å². The highest BCUT2D eigenvalue weighted by Crippen LogP contribution is 2.33. The molecule has 18 heavy (non-hydrogen) atoms. The normalized spacial score (nSPS) is 28.6. The van der Waals surface area contributed by atoms with E-state index in [9.17, 15) is 5.11 Å². The van der Waals surface area contributed by atoms with Crippen molar-refractivity contribution in [3.8, 4) is 0 Å². The van der Waals surface area contributed by atoms with E-state index >= 15 is 0 Å². The quantitative estimate of drug-likeness (QED) is 0.930. The van der Waals surface area contributed by atoms with E-state index in [1.807, 2.05) is 18.5 Å². The molecule has 4 nitrogen and oxygen atoms in total. The molecule has 0 bridgehead atoms. The third kappa shape index (κ3) is 2.49. The van der Waals surface area contributed by atoms with Gasteiger partial charge in [0.15, 0.2) is 0 Å². The van der Waals surface area contributed by atoms with Crippen LogP contribution < -0.4 is 0 Å². The van der Waals surface area contributed by atoms with Crippen LogP contribution in [0, 0.1) is 12.8 Å². The molecule has 0 aliphatic carbocycles. The Morgan fingerprint density at radius 2 is 2.33 bits per heavy atom. The summed E-state index contributed by atoms with van der Waals surface area (Å²) in [6.45, 7) is 8.19. The summed E-state index contributed by atoms with van der Waals surface area (Å²) in [5.41, 5.74) is 1.39. The van der Waals surface area contributed by atoms with Gasteiger partial charge in [-0.15, -0.1) is 0 Å². The molecule has 2 unspecified atom stereocenters. The summed E-state index contributed by atoms with van der Waals surface area (Å²) >= 11 is 3.59. The van der Waals surface area contributed by atoms with Crippen molar-refractivity contribution in [3.63, 3.8) is 0 Å². The van der Waals surface area contributed by atoms with Crippen molar-refractivity contribution >= 4 is 15.9 Å². The molecule has 0 radical (unpaired) electrons. The summed E-state index contributed by atoms with van der Waals surface area (Å²) in [7, 11) is 0. The number of rotatable bonds is 3. The standard InChI is InChI=1S/C13H21BrN2O2/c1-4-16-11(12(14)10(3)15-16)7-13(17)5-6-18-8-9(13)2/h9,17H,4-8H2,1-3H3. The minimum absolute atomic E-state index is 0.152. The molecular weight excluding hydrogens is 296 g/mol. The van der Waals surface area contributed by atoms with E-state index in [0.29, 0.717) is 26.1 Å². The molecule has 102 valence electrons. The van der Waals surface area contributed by atoms with Crippen LogP contribution in [0.2, 0.25) is 0 Å². The topological polar surface area (TPSA) is 47.3 Å². The lowest BCUT2D eigenvalue weighted by atomic mass is 9.81. The smallest absolute Gasteiger partial charge is 0.0772 e. The summed E-state index contributed by atoms with van der Waals surface area (Å²) < 4.78 is 8.41.